The van der Waals surface area contributed by atoms with Crippen LogP contribution in [0, 0.1) is 0 Å². The Labute approximate surface area is 161 Å². The van der Waals surface area contributed by atoms with Crippen molar-refractivity contribution in [3.05, 3.63) is 47.5 Å². The van der Waals surface area contributed by atoms with E-state index in [0.29, 0.717) is 22.6 Å². The van der Waals surface area contributed by atoms with Crippen LogP contribution < -0.4 is 20.9 Å². The number of aromatic hydroxyl groups is 2. The molecule has 0 saturated heterocycles. The predicted molar refractivity (Wildman–Crippen MR) is 108 cm³/mol. The van der Waals surface area contributed by atoms with Crippen LogP contribution >= 0.6 is 0 Å². The van der Waals surface area contributed by atoms with E-state index in [0.717, 1.165) is 0 Å². The number of hydrogen-bond donors (Lipinski definition) is 4. The molecule has 0 bridgehead atoms. The lowest BCUT2D eigenvalue weighted by Crippen LogP contribution is -2.30. The Balaban J connectivity index is 2.10. The normalized spacial score (nSPS) is 12.6. The van der Waals surface area contributed by atoms with E-state index < -0.39 is 0 Å². The number of amidine groups is 2. The van der Waals surface area contributed by atoms with Crippen LogP contribution in [0.3, 0.4) is 0 Å². The molecule has 2 aromatic carbocycles. The minimum absolute atomic E-state index is 0.0770. The van der Waals surface area contributed by atoms with Crippen LogP contribution in [0.1, 0.15) is 11.1 Å². The average molecular weight is 384 g/mol. The van der Waals surface area contributed by atoms with E-state index in [1.54, 1.807) is 36.4 Å². The molecular formula is C18H20N6O4. The van der Waals surface area contributed by atoms with Crippen LogP contribution in [0.15, 0.2) is 56.8 Å². The van der Waals surface area contributed by atoms with Gasteiger partial charge >= 0.3 is 0 Å². The molecule has 0 atom stereocenters. The molecule has 0 saturated carbocycles. The van der Waals surface area contributed by atoms with Gasteiger partial charge in [-0.25, -0.2) is 0 Å². The van der Waals surface area contributed by atoms with Crippen molar-refractivity contribution < 1.29 is 19.7 Å². The maximum atomic E-state index is 9.95. The van der Waals surface area contributed by atoms with E-state index in [2.05, 4.69) is 20.4 Å². The van der Waals surface area contributed by atoms with Crippen molar-refractivity contribution in [2.75, 3.05) is 14.2 Å². The third kappa shape index (κ3) is 4.97. The number of rotatable bonds is 6. The Morgan fingerprint density at radius 2 is 1.18 bits per heavy atom. The Hall–Kier alpha value is -4.08. The highest BCUT2D eigenvalue weighted by atomic mass is 16.5. The lowest BCUT2D eigenvalue weighted by Gasteiger charge is -2.04. The molecule has 0 aliphatic heterocycles. The van der Waals surface area contributed by atoms with Crippen molar-refractivity contribution in [2.24, 2.45) is 31.9 Å². The molecule has 10 heteroatoms. The van der Waals surface area contributed by atoms with Crippen molar-refractivity contribution >= 4 is 24.1 Å². The lowest BCUT2D eigenvalue weighted by molar-refractivity contribution is 0.373. The van der Waals surface area contributed by atoms with Gasteiger partial charge in [0.15, 0.2) is 34.7 Å². The Morgan fingerprint density at radius 3 is 1.54 bits per heavy atom. The van der Waals surface area contributed by atoms with Crippen LogP contribution in [0.2, 0.25) is 0 Å². The minimum Gasteiger partial charge on any atom is -0.504 e. The van der Waals surface area contributed by atoms with E-state index in [9.17, 15) is 10.2 Å². The van der Waals surface area contributed by atoms with Crippen molar-refractivity contribution in [3.8, 4) is 23.0 Å². The van der Waals surface area contributed by atoms with E-state index in [1.165, 1.54) is 26.6 Å². The Morgan fingerprint density at radius 1 is 0.786 bits per heavy atom. The predicted octanol–water partition coefficient (Wildman–Crippen LogP) is 1.20. The average Bonchev–Trinajstić information content (AvgIpc) is 2.70. The highest BCUT2D eigenvalue weighted by molar-refractivity contribution is 6.39. The van der Waals surface area contributed by atoms with Gasteiger partial charge in [-0.3, -0.25) is 0 Å². The summed E-state index contributed by atoms with van der Waals surface area (Å²) in [6.45, 7) is 0. The van der Waals surface area contributed by atoms with Crippen molar-refractivity contribution in [2.45, 2.75) is 0 Å². The molecule has 10 nitrogen and oxygen atoms in total. The number of nitrogens with zero attached hydrogens (tertiary/aromatic N) is 4. The monoisotopic (exact) mass is 384 g/mol. The second-order valence-corrected chi connectivity index (χ2v) is 5.26. The lowest BCUT2D eigenvalue weighted by atomic mass is 10.2. The Kier molecular flexibility index (Phi) is 6.92. The maximum absolute atomic E-state index is 9.95. The van der Waals surface area contributed by atoms with Crippen LogP contribution in [0.25, 0.3) is 0 Å². The first-order chi connectivity index (χ1) is 13.5. The number of hydrogen-bond acceptors (Lipinski definition) is 8. The molecule has 28 heavy (non-hydrogen) atoms. The largest absolute Gasteiger partial charge is 0.504 e. The molecule has 0 spiro atoms. The fourth-order valence-corrected chi connectivity index (χ4v) is 2.03. The van der Waals surface area contributed by atoms with Crippen LogP contribution in [-0.2, 0) is 0 Å². The van der Waals surface area contributed by atoms with Gasteiger partial charge in [0.1, 0.15) is 0 Å². The zero-order valence-electron chi connectivity index (χ0n) is 15.3. The second-order valence-electron chi connectivity index (χ2n) is 5.26. The highest BCUT2D eigenvalue weighted by Gasteiger charge is 2.06. The molecule has 6 N–H and O–H groups in total. The third-order valence-electron chi connectivity index (χ3n) is 3.49. The molecule has 0 aromatic heterocycles. The summed E-state index contributed by atoms with van der Waals surface area (Å²) < 4.78 is 10.0. The quantitative estimate of drug-likeness (QED) is 0.332. The summed E-state index contributed by atoms with van der Waals surface area (Å²) in [6.07, 6.45) is 2.57. The molecule has 0 amide bonds. The summed E-state index contributed by atoms with van der Waals surface area (Å²) in [6, 6.07) is 9.82. The van der Waals surface area contributed by atoms with Crippen LogP contribution in [0.4, 0.5) is 0 Å². The van der Waals surface area contributed by atoms with Gasteiger partial charge in [-0.1, -0.05) is 12.1 Å². The molecule has 146 valence electrons. The number of phenols is 2. The summed E-state index contributed by atoms with van der Waals surface area (Å²) in [5, 5.41) is 34.8. The molecule has 0 unspecified atom stereocenters. The Bertz CT molecular complexity index is 876. The van der Waals surface area contributed by atoms with Gasteiger partial charge in [0.2, 0.25) is 0 Å². The summed E-state index contributed by atoms with van der Waals surface area (Å²) in [4.78, 5) is 0. The molecular weight excluding hydrogens is 364 g/mol. The summed E-state index contributed by atoms with van der Waals surface area (Å²) in [5.41, 5.74) is 12.1. The molecule has 0 aliphatic carbocycles. The second kappa shape index (κ2) is 9.57. The molecule has 0 radical (unpaired) electrons. The fraction of sp³-hybridized carbons (Fsp3) is 0.111. The number of para-hydroxylation sites is 2. The number of ether oxygens (including phenoxy) is 2. The summed E-state index contributed by atoms with van der Waals surface area (Å²) in [5.74, 6) is 0.101. The first kappa shape index (κ1) is 20.2. The standard InChI is InChI=1S/C18H20N6O4/c1-27-13-7-3-5-11(15(13)25)9-21-23-17(19)18(20)24-22-10-12-6-4-8-14(28-2)16(12)26/h3-10,25-26H,1-2H3,(H2,19,23)(H2,20,24)/b21-9+,22-10+. The van der Waals surface area contributed by atoms with Gasteiger partial charge in [0, 0.05) is 11.1 Å². The van der Waals surface area contributed by atoms with Crippen LogP contribution in [-0.4, -0.2) is 48.5 Å². The van der Waals surface area contributed by atoms with Gasteiger partial charge in [0.25, 0.3) is 0 Å². The molecule has 2 rings (SSSR count). The van der Waals surface area contributed by atoms with Gasteiger partial charge in [-0.2, -0.15) is 10.2 Å². The smallest absolute Gasteiger partial charge is 0.190 e. The summed E-state index contributed by atoms with van der Waals surface area (Å²) in [7, 11) is 2.88. The zero-order valence-corrected chi connectivity index (χ0v) is 15.3. The fourth-order valence-electron chi connectivity index (χ4n) is 2.03. The molecule has 0 heterocycles. The van der Waals surface area contributed by atoms with Gasteiger partial charge in [0.05, 0.1) is 26.6 Å². The summed E-state index contributed by atoms with van der Waals surface area (Å²) >= 11 is 0. The molecule has 0 fully saturated rings. The molecule has 0 aliphatic rings. The third-order valence-corrected chi connectivity index (χ3v) is 3.49. The SMILES string of the molecule is COc1cccc(/C=N/N=C(N)\C(N)=N/N=C/c2cccc(OC)c2O)c1O. The number of nitrogens with two attached hydrogens (primary N) is 2. The number of phenolic OH excluding ortho intramolecular Hbond substituents is 2. The minimum atomic E-state index is -0.175. The first-order valence-electron chi connectivity index (χ1n) is 7.93. The number of methoxy groups -OCH3 is 2. The van der Waals surface area contributed by atoms with E-state index >= 15 is 0 Å². The van der Waals surface area contributed by atoms with E-state index in [-0.39, 0.29) is 23.2 Å². The van der Waals surface area contributed by atoms with Crippen LogP contribution in [0.5, 0.6) is 23.0 Å². The van der Waals surface area contributed by atoms with Crippen molar-refractivity contribution in [3.63, 3.8) is 0 Å². The van der Waals surface area contributed by atoms with Crippen molar-refractivity contribution in [1.82, 2.24) is 0 Å². The van der Waals surface area contributed by atoms with E-state index in [4.69, 9.17) is 20.9 Å². The van der Waals surface area contributed by atoms with Gasteiger partial charge in [-0.05, 0) is 24.3 Å². The molecule has 2 aromatic rings. The zero-order chi connectivity index (χ0) is 20.5. The van der Waals surface area contributed by atoms with Gasteiger partial charge < -0.3 is 31.2 Å². The van der Waals surface area contributed by atoms with E-state index in [1.807, 2.05) is 0 Å². The topological polar surface area (TPSA) is 160 Å². The first-order valence-corrected chi connectivity index (χ1v) is 7.93. The highest BCUT2D eigenvalue weighted by Crippen LogP contribution is 2.28. The maximum Gasteiger partial charge on any atom is 0.190 e. The van der Waals surface area contributed by atoms with Crippen molar-refractivity contribution in [1.29, 1.82) is 0 Å². The van der Waals surface area contributed by atoms with Gasteiger partial charge in [-0.15, -0.1) is 10.2 Å². The number of benzene rings is 2.